The maximum Gasteiger partial charge on any atom is 0.270 e. The number of nitrogens with zero attached hydrogens (tertiary/aromatic N) is 3. The van der Waals surface area contributed by atoms with Gasteiger partial charge in [-0.3, -0.25) is 14.4 Å². The van der Waals surface area contributed by atoms with E-state index in [9.17, 15) is 14.4 Å². The van der Waals surface area contributed by atoms with Gasteiger partial charge in [0.25, 0.3) is 11.5 Å². The summed E-state index contributed by atoms with van der Waals surface area (Å²) in [5.74, 6) is -0.0784. The van der Waals surface area contributed by atoms with E-state index in [0.29, 0.717) is 55.0 Å². The lowest BCUT2D eigenvalue weighted by Gasteiger charge is -2.34. The normalized spacial score (nSPS) is 14.4. The molecule has 3 aromatic rings. The van der Waals surface area contributed by atoms with Gasteiger partial charge in [0.1, 0.15) is 11.4 Å². The van der Waals surface area contributed by atoms with Crippen LogP contribution < -0.4 is 5.56 Å². The van der Waals surface area contributed by atoms with Crippen LogP contribution in [0.1, 0.15) is 22.6 Å². The summed E-state index contributed by atoms with van der Waals surface area (Å²) < 4.78 is 0. The van der Waals surface area contributed by atoms with E-state index in [1.807, 2.05) is 18.2 Å². The second kappa shape index (κ2) is 7.67. The van der Waals surface area contributed by atoms with Gasteiger partial charge in [-0.15, -0.1) is 0 Å². The zero-order valence-electron chi connectivity index (χ0n) is 15.4. The third-order valence-corrected chi connectivity index (χ3v) is 4.99. The van der Waals surface area contributed by atoms with E-state index in [1.54, 1.807) is 34.2 Å². The molecule has 0 radical (unpaired) electrons. The lowest BCUT2D eigenvalue weighted by Crippen LogP contribution is -2.50. The van der Waals surface area contributed by atoms with Gasteiger partial charge in [-0.05, 0) is 24.3 Å². The van der Waals surface area contributed by atoms with Crippen molar-refractivity contribution in [2.24, 2.45) is 0 Å². The molecule has 1 aromatic carbocycles. The third-order valence-electron chi connectivity index (χ3n) is 4.99. The Hall–Kier alpha value is -3.42. The Bertz CT molecular complexity index is 1050. The summed E-state index contributed by atoms with van der Waals surface area (Å²) in [5, 5.41) is 0. The number of piperazine rings is 1. The van der Waals surface area contributed by atoms with Gasteiger partial charge in [-0.25, -0.2) is 4.98 Å². The molecule has 4 rings (SSSR count). The lowest BCUT2D eigenvalue weighted by atomic mass is 10.2. The molecule has 2 N–H and O–H groups in total. The summed E-state index contributed by atoms with van der Waals surface area (Å²) in [6.45, 7) is 1.98. The Balaban J connectivity index is 1.33. The number of rotatable bonds is 4. The van der Waals surface area contributed by atoms with Crippen molar-refractivity contribution < 1.29 is 9.59 Å². The second-order valence-corrected chi connectivity index (χ2v) is 6.79. The Labute approximate surface area is 161 Å². The van der Waals surface area contributed by atoms with E-state index in [0.717, 1.165) is 0 Å². The fraction of sp³-hybridized carbons (Fsp3) is 0.300. The number of nitrogens with one attached hydrogen (secondary N) is 2. The quantitative estimate of drug-likeness (QED) is 0.710. The average molecular weight is 379 g/mol. The van der Waals surface area contributed by atoms with Gasteiger partial charge in [0.05, 0.1) is 11.0 Å². The third kappa shape index (κ3) is 3.66. The molecule has 0 bridgehead atoms. The van der Waals surface area contributed by atoms with Crippen molar-refractivity contribution in [3.8, 4) is 0 Å². The van der Waals surface area contributed by atoms with Crippen molar-refractivity contribution in [3.05, 3.63) is 64.3 Å². The first-order chi connectivity index (χ1) is 13.6. The number of para-hydroxylation sites is 2. The number of carbonyl (C=O) groups is 2. The van der Waals surface area contributed by atoms with Crippen molar-refractivity contribution in [1.29, 1.82) is 0 Å². The minimum absolute atomic E-state index is 0.0265. The SMILES string of the molecule is O=C(CCc1nc2ccccc2[nH]c1=O)N1CCN(C(=O)c2ccc[nH]2)CC1. The Morgan fingerprint density at radius 2 is 1.75 bits per heavy atom. The molecule has 1 saturated heterocycles. The predicted octanol–water partition coefficient (Wildman–Crippen LogP) is 1.17. The van der Waals surface area contributed by atoms with Crippen LogP contribution in [0.5, 0.6) is 0 Å². The number of aryl methyl sites for hydroxylation is 1. The first-order valence-corrected chi connectivity index (χ1v) is 9.30. The zero-order chi connectivity index (χ0) is 19.5. The minimum Gasteiger partial charge on any atom is -0.357 e. The molecule has 1 aliphatic rings. The van der Waals surface area contributed by atoms with E-state index in [2.05, 4.69) is 15.0 Å². The molecule has 2 aromatic heterocycles. The van der Waals surface area contributed by atoms with Crippen LogP contribution in [0.2, 0.25) is 0 Å². The summed E-state index contributed by atoms with van der Waals surface area (Å²) in [6.07, 6.45) is 2.23. The first kappa shape index (κ1) is 18.0. The van der Waals surface area contributed by atoms with Crippen LogP contribution in [0.15, 0.2) is 47.4 Å². The van der Waals surface area contributed by atoms with Gasteiger partial charge in [-0.1, -0.05) is 12.1 Å². The standard InChI is InChI=1S/C20H21N5O3/c26-18(8-7-16-19(27)23-15-5-2-1-4-14(15)22-16)24-10-12-25(13-11-24)20(28)17-6-3-9-21-17/h1-6,9,21H,7-8,10-13H2,(H,23,27). The van der Waals surface area contributed by atoms with Crippen molar-refractivity contribution in [2.75, 3.05) is 26.2 Å². The number of amides is 2. The fourth-order valence-corrected chi connectivity index (χ4v) is 3.41. The van der Waals surface area contributed by atoms with Crippen molar-refractivity contribution in [2.45, 2.75) is 12.8 Å². The van der Waals surface area contributed by atoms with E-state index < -0.39 is 0 Å². The van der Waals surface area contributed by atoms with E-state index in [1.165, 1.54) is 0 Å². The number of fused-ring (bicyclic) bond motifs is 1. The van der Waals surface area contributed by atoms with Gasteiger partial charge >= 0.3 is 0 Å². The van der Waals surface area contributed by atoms with Crippen molar-refractivity contribution in [1.82, 2.24) is 24.8 Å². The van der Waals surface area contributed by atoms with Crippen LogP contribution >= 0.6 is 0 Å². The maximum absolute atomic E-state index is 12.5. The van der Waals surface area contributed by atoms with Crippen LogP contribution in [-0.2, 0) is 11.2 Å². The molecule has 1 aliphatic heterocycles. The molecule has 1 fully saturated rings. The number of aromatic amines is 2. The van der Waals surface area contributed by atoms with Crippen LogP contribution in [0.3, 0.4) is 0 Å². The highest BCUT2D eigenvalue weighted by molar-refractivity contribution is 5.92. The Kier molecular flexibility index (Phi) is 4.92. The van der Waals surface area contributed by atoms with Crippen molar-refractivity contribution in [3.63, 3.8) is 0 Å². The van der Waals surface area contributed by atoms with E-state index in [4.69, 9.17) is 0 Å². The summed E-state index contributed by atoms with van der Waals surface area (Å²) in [5.41, 5.74) is 2.06. The monoisotopic (exact) mass is 379 g/mol. The molecule has 8 nitrogen and oxygen atoms in total. The van der Waals surface area contributed by atoms with Gasteiger partial charge < -0.3 is 19.8 Å². The topological polar surface area (TPSA) is 102 Å². The molecular weight excluding hydrogens is 358 g/mol. The predicted molar refractivity (Wildman–Crippen MR) is 104 cm³/mol. The molecule has 2 amide bonds. The number of benzene rings is 1. The second-order valence-electron chi connectivity index (χ2n) is 6.79. The molecule has 144 valence electrons. The number of hydrogen-bond donors (Lipinski definition) is 2. The van der Waals surface area contributed by atoms with Gasteiger partial charge in [0.15, 0.2) is 0 Å². The lowest BCUT2D eigenvalue weighted by molar-refractivity contribution is -0.132. The van der Waals surface area contributed by atoms with Crippen LogP contribution in [-0.4, -0.2) is 62.7 Å². The summed E-state index contributed by atoms with van der Waals surface area (Å²) in [7, 11) is 0. The van der Waals surface area contributed by atoms with Gasteiger partial charge in [0.2, 0.25) is 5.91 Å². The Morgan fingerprint density at radius 3 is 2.50 bits per heavy atom. The van der Waals surface area contributed by atoms with Crippen molar-refractivity contribution >= 4 is 22.8 Å². The highest BCUT2D eigenvalue weighted by atomic mass is 16.2. The molecule has 0 unspecified atom stereocenters. The Morgan fingerprint density at radius 1 is 1.00 bits per heavy atom. The molecule has 0 spiro atoms. The first-order valence-electron chi connectivity index (χ1n) is 9.30. The molecular formula is C20H21N5O3. The largest absolute Gasteiger partial charge is 0.357 e. The van der Waals surface area contributed by atoms with Crippen LogP contribution in [0, 0.1) is 0 Å². The van der Waals surface area contributed by atoms with Gasteiger partial charge in [-0.2, -0.15) is 0 Å². The molecule has 3 heterocycles. The maximum atomic E-state index is 12.5. The number of carbonyl (C=O) groups excluding carboxylic acids is 2. The zero-order valence-corrected chi connectivity index (χ0v) is 15.4. The summed E-state index contributed by atoms with van der Waals surface area (Å²) in [4.78, 5) is 50.6. The molecule has 8 heteroatoms. The molecule has 0 atom stereocenters. The van der Waals surface area contributed by atoms with Crippen LogP contribution in [0.25, 0.3) is 11.0 Å². The average Bonchev–Trinajstić information content (AvgIpc) is 3.26. The van der Waals surface area contributed by atoms with E-state index >= 15 is 0 Å². The summed E-state index contributed by atoms with van der Waals surface area (Å²) in [6, 6.07) is 10.9. The number of aromatic nitrogens is 3. The molecule has 0 saturated carbocycles. The van der Waals surface area contributed by atoms with E-state index in [-0.39, 0.29) is 23.8 Å². The number of hydrogen-bond acceptors (Lipinski definition) is 4. The van der Waals surface area contributed by atoms with Gasteiger partial charge in [0, 0.05) is 45.2 Å². The van der Waals surface area contributed by atoms with Crippen LogP contribution in [0.4, 0.5) is 0 Å². The fourth-order valence-electron chi connectivity index (χ4n) is 3.41. The smallest absolute Gasteiger partial charge is 0.270 e. The highest BCUT2D eigenvalue weighted by Crippen LogP contribution is 2.10. The molecule has 0 aliphatic carbocycles. The highest BCUT2D eigenvalue weighted by Gasteiger charge is 2.25. The molecule has 28 heavy (non-hydrogen) atoms. The minimum atomic E-state index is -0.257. The summed E-state index contributed by atoms with van der Waals surface area (Å²) >= 11 is 0. The number of H-pyrrole nitrogens is 2.